The number of rotatable bonds is 4. The van der Waals surface area contributed by atoms with E-state index in [9.17, 15) is 4.79 Å². The van der Waals surface area contributed by atoms with Gasteiger partial charge in [-0.3, -0.25) is 4.79 Å². The van der Waals surface area contributed by atoms with Crippen molar-refractivity contribution in [1.82, 2.24) is 10.2 Å². The highest BCUT2D eigenvalue weighted by Gasteiger charge is 2.17. The van der Waals surface area contributed by atoms with Gasteiger partial charge in [-0.1, -0.05) is 53.2 Å². The molecule has 1 fully saturated rings. The Morgan fingerprint density at radius 2 is 2.05 bits per heavy atom. The van der Waals surface area contributed by atoms with Gasteiger partial charge in [0.1, 0.15) is 4.32 Å². The first-order valence-electron chi connectivity index (χ1n) is 7.13. The Balaban J connectivity index is 1.80. The molecule has 1 atom stereocenters. The van der Waals surface area contributed by atoms with Crippen LogP contribution < -0.4 is 5.32 Å². The van der Waals surface area contributed by atoms with Crippen molar-refractivity contribution >= 4 is 57.4 Å². The van der Waals surface area contributed by atoms with Crippen LogP contribution in [0.4, 0.5) is 0 Å². The van der Waals surface area contributed by atoms with Gasteiger partial charge in [-0.25, -0.2) is 0 Å². The normalized spacial score (nSPS) is 15.7. The molecule has 1 saturated heterocycles. The summed E-state index contributed by atoms with van der Waals surface area (Å²) >= 11 is 18.7. The summed E-state index contributed by atoms with van der Waals surface area (Å²) in [7, 11) is 0. The maximum Gasteiger partial charge on any atom is 0.230 e. The van der Waals surface area contributed by atoms with Crippen LogP contribution >= 0.6 is 47.2 Å². The number of nitrogens with one attached hydrogen (secondary N) is 1. The summed E-state index contributed by atoms with van der Waals surface area (Å²) in [6, 6.07) is 5.25. The van der Waals surface area contributed by atoms with Gasteiger partial charge in [0.05, 0.1) is 21.8 Å². The van der Waals surface area contributed by atoms with E-state index in [4.69, 9.17) is 35.4 Å². The Bertz CT molecular complexity index is 562. The van der Waals surface area contributed by atoms with Gasteiger partial charge < -0.3 is 10.2 Å². The third-order valence-corrected chi connectivity index (χ3v) is 5.77. The van der Waals surface area contributed by atoms with Crippen LogP contribution in [0.5, 0.6) is 0 Å². The van der Waals surface area contributed by atoms with Crippen molar-refractivity contribution in [3.05, 3.63) is 33.8 Å². The van der Waals surface area contributed by atoms with Crippen LogP contribution in [0.2, 0.25) is 10.0 Å². The van der Waals surface area contributed by atoms with Gasteiger partial charge in [0.15, 0.2) is 0 Å². The number of carbonyl (C=O) groups excluding carboxylic acids is 1. The van der Waals surface area contributed by atoms with Crippen LogP contribution in [-0.4, -0.2) is 34.0 Å². The minimum atomic E-state index is -0.122. The van der Waals surface area contributed by atoms with Gasteiger partial charge in [-0.15, -0.1) is 0 Å². The molecule has 1 aromatic rings. The number of nitrogens with zero attached hydrogens (tertiary/aromatic N) is 1. The predicted octanol–water partition coefficient (Wildman–Crippen LogP) is 4.28. The summed E-state index contributed by atoms with van der Waals surface area (Å²) in [6.45, 7) is 3.93. The van der Waals surface area contributed by atoms with Crippen molar-refractivity contribution in [3.63, 3.8) is 0 Å². The third kappa shape index (κ3) is 5.01. The molecule has 22 heavy (non-hydrogen) atoms. The molecule has 0 radical (unpaired) electrons. The fraction of sp³-hybridized carbons (Fsp3) is 0.467. The highest BCUT2D eigenvalue weighted by Crippen LogP contribution is 2.25. The molecule has 1 N–H and O–H groups in total. The van der Waals surface area contributed by atoms with Gasteiger partial charge in [-0.2, -0.15) is 0 Å². The number of amides is 1. The van der Waals surface area contributed by atoms with Crippen LogP contribution in [-0.2, 0) is 4.79 Å². The maximum atomic E-state index is 12.0. The number of thiocarbonyl (C=S) groups is 1. The van der Waals surface area contributed by atoms with Crippen molar-refractivity contribution in [1.29, 1.82) is 0 Å². The second-order valence-corrected chi connectivity index (χ2v) is 7.64. The SMILES string of the molecule is CC(NC(=O)CSC(=S)N1CCCC1)c1ccc(Cl)c(Cl)c1. The monoisotopic (exact) mass is 376 g/mol. The average molecular weight is 377 g/mol. The molecule has 0 aromatic heterocycles. The molecule has 120 valence electrons. The van der Waals surface area contributed by atoms with Crippen LogP contribution in [0.25, 0.3) is 0 Å². The fourth-order valence-electron chi connectivity index (χ4n) is 2.27. The minimum absolute atomic E-state index is 0.0369. The number of hydrogen-bond acceptors (Lipinski definition) is 3. The molecule has 1 aromatic carbocycles. The predicted molar refractivity (Wildman–Crippen MR) is 98.9 cm³/mol. The standard InChI is InChI=1S/C15H18Cl2N2OS2/c1-10(11-4-5-12(16)13(17)8-11)18-14(20)9-22-15(21)19-6-2-3-7-19/h4-5,8,10H,2-3,6-7,9H2,1H3,(H,18,20). The van der Waals surface area contributed by atoms with E-state index in [1.807, 2.05) is 13.0 Å². The molecule has 1 amide bonds. The molecular weight excluding hydrogens is 359 g/mol. The lowest BCUT2D eigenvalue weighted by atomic mass is 10.1. The number of carbonyl (C=O) groups is 1. The quantitative estimate of drug-likeness (QED) is 0.794. The summed E-state index contributed by atoms with van der Waals surface area (Å²) in [5, 5.41) is 3.95. The van der Waals surface area contributed by atoms with Gasteiger partial charge >= 0.3 is 0 Å². The first kappa shape index (κ1) is 17.9. The Hall–Kier alpha value is -0.490. The fourth-order valence-corrected chi connectivity index (χ4v) is 3.64. The van der Waals surface area contributed by atoms with Crippen molar-refractivity contribution in [2.24, 2.45) is 0 Å². The molecule has 0 aliphatic carbocycles. The summed E-state index contributed by atoms with van der Waals surface area (Å²) in [5.74, 6) is 0.297. The average Bonchev–Trinajstić information content (AvgIpc) is 3.02. The summed E-state index contributed by atoms with van der Waals surface area (Å²) < 4.78 is 0.815. The van der Waals surface area contributed by atoms with E-state index in [0.717, 1.165) is 23.0 Å². The molecule has 0 bridgehead atoms. The molecule has 1 unspecified atom stereocenters. The zero-order chi connectivity index (χ0) is 16.1. The Morgan fingerprint density at radius 1 is 1.36 bits per heavy atom. The largest absolute Gasteiger partial charge is 0.358 e. The van der Waals surface area contributed by atoms with Crippen LogP contribution in [0.15, 0.2) is 18.2 Å². The summed E-state index contributed by atoms with van der Waals surface area (Å²) in [5.41, 5.74) is 0.926. The smallest absolute Gasteiger partial charge is 0.230 e. The van der Waals surface area contributed by atoms with Crippen molar-refractivity contribution < 1.29 is 4.79 Å². The van der Waals surface area contributed by atoms with E-state index in [-0.39, 0.29) is 11.9 Å². The number of halogens is 2. The topological polar surface area (TPSA) is 32.3 Å². The number of hydrogen-bond donors (Lipinski definition) is 1. The lowest BCUT2D eigenvalue weighted by molar-refractivity contribution is -0.119. The number of thioether (sulfide) groups is 1. The highest BCUT2D eigenvalue weighted by molar-refractivity contribution is 8.23. The molecule has 0 saturated carbocycles. The van der Waals surface area contributed by atoms with Crippen LogP contribution in [0.1, 0.15) is 31.4 Å². The molecule has 1 aliphatic rings. The maximum absolute atomic E-state index is 12.0. The molecule has 2 rings (SSSR count). The zero-order valence-electron chi connectivity index (χ0n) is 12.3. The van der Waals surface area contributed by atoms with E-state index in [2.05, 4.69) is 10.2 Å². The minimum Gasteiger partial charge on any atom is -0.358 e. The van der Waals surface area contributed by atoms with Gasteiger partial charge in [0, 0.05) is 13.1 Å². The highest BCUT2D eigenvalue weighted by atomic mass is 35.5. The molecule has 7 heteroatoms. The Morgan fingerprint density at radius 3 is 2.68 bits per heavy atom. The molecule has 1 aliphatic heterocycles. The lowest BCUT2D eigenvalue weighted by Gasteiger charge is -2.18. The van der Waals surface area contributed by atoms with E-state index >= 15 is 0 Å². The van der Waals surface area contributed by atoms with Crippen molar-refractivity contribution in [2.75, 3.05) is 18.8 Å². The molecule has 0 spiro atoms. The van der Waals surface area contributed by atoms with Crippen molar-refractivity contribution in [3.8, 4) is 0 Å². The van der Waals surface area contributed by atoms with E-state index in [1.54, 1.807) is 12.1 Å². The van der Waals surface area contributed by atoms with Gasteiger partial charge in [0.2, 0.25) is 5.91 Å². The number of benzene rings is 1. The van der Waals surface area contributed by atoms with Gasteiger partial charge in [-0.05, 0) is 37.5 Å². The molecular formula is C15H18Cl2N2OS2. The molecule has 1 heterocycles. The summed E-state index contributed by atoms with van der Waals surface area (Å²) in [6.07, 6.45) is 2.36. The Kier molecular flexibility index (Phi) is 6.81. The molecule has 3 nitrogen and oxygen atoms in total. The summed E-state index contributed by atoms with van der Waals surface area (Å²) in [4.78, 5) is 14.2. The zero-order valence-corrected chi connectivity index (χ0v) is 15.4. The van der Waals surface area contributed by atoms with E-state index < -0.39 is 0 Å². The Labute approximate surface area is 150 Å². The first-order chi connectivity index (χ1) is 10.5. The van der Waals surface area contributed by atoms with Gasteiger partial charge in [0.25, 0.3) is 0 Å². The first-order valence-corrected chi connectivity index (χ1v) is 9.28. The van der Waals surface area contributed by atoms with E-state index in [1.165, 1.54) is 24.6 Å². The van der Waals surface area contributed by atoms with E-state index in [0.29, 0.717) is 15.8 Å². The second-order valence-electron chi connectivity index (χ2n) is 5.21. The van der Waals surface area contributed by atoms with Crippen LogP contribution in [0, 0.1) is 0 Å². The number of likely N-dealkylation sites (tertiary alicyclic amines) is 1. The van der Waals surface area contributed by atoms with Crippen molar-refractivity contribution in [2.45, 2.75) is 25.8 Å². The third-order valence-electron chi connectivity index (χ3n) is 3.51. The van der Waals surface area contributed by atoms with Crippen LogP contribution in [0.3, 0.4) is 0 Å². The second kappa shape index (κ2) is 8.39. The lowest BCUT2D eigenvalue weighted by Crippen LogP contribution is -2.30.